The Hall–Kier alpha value is -3.21. The molecule has 1 saturated heterocycles. The molecular formula is C39H61N5O5. The van der Waals surface area contributed by atoms with E-state index in [0.717, 1.165) is 55.1 Å². The number of fused-ring (bicyclic) bond motifs is 1. The van der Waals surface area contributed by atoms with Crippen molar-refractivity contribution in [2.45, 2.75) is 116 Å². The van der Waals surface area contributed by atoms with E-state index in [9.17, 15) is 24.6 Å². The number of nitrogens with zero attached hydrogens (tertiary/aromatic N) is 2. The number of aliphatic hydroxyl groups excluding tert-OH is 2. The van der Waals surface area contributed by atoms with Gasteiger partial charge in [-0.25, -0.2) is 4.79 Å². The molecule has 1 saturated carbocycles. The Morgan fingerprint density at radius 2 is 1.53 bits per heavy atom. The van der Waals surface area contributed by atoms with Gasteiger partial charge in [-0.15, -0.1) is 0 Å². The largest absolute Gasteiger partial charge is 0.390 e. The van der Waals surface area contributed by atoms with Crippen molar-refractivity contribution in [1.82, 2.24) is 25.8 Å². The summed E-state index contributed by atoms with van der Waals surface area (Å²) in [5, 5.41) is 33.6. The van der Waals surface area contributed by atoms with Gasteiger partial charge < -0.3 is 36.0 Å². The van der Waals surface area contributed by atoms with Crippen molar-refractivity contribution >= 4 is 28.6 Å². The van der Waals surface area contributed by atoms with Crippen molar-refractivity contribution < 1.29 is 24.6 Å². The Labute approximate surface area is 293 Å². The topological polar surface area (TPSA) is 134 Å². The van der Waals surface area contributed by atoms with Gasteiger partial charge in [-0.05, 0) is 60.4 Å². The molecule has 2 aliphatic rings. The average molecular weight is 680 g/mol. The van der Waals surface area contributed by atoms with Crippen LogP contribution in [0.1, 0.15) is 84.6 Å². The molecule has 0 radical (unpaired) electrons. The van der Waals surface area contributed by atoms with E-state index >= 15 is 0 Å². The minimum atomic E-state index is -1.21. The second kappa shape index (κ2) is 18.7. The average Bonchev–Trinajstić information content (AvgIpc) is 3.09. The standard InChI is InChI=1S/C39H61N5O5/c1-6-27(4)35(42-37(47)33(24-28-12-8-7-9-13-28)41-39(49)44-20-18-43(5)19-21-44)38(48)40-32(36(46)34(45)22-26(2)3)25-29-16-17-30-14-10-11-15-31(30)23-29/h10-11,14-17,23,26-28,32-36,45-46H,6-9,12-13,18-22,24-25H2,1-5H3,(H,40,48)(H,41,49)(H,42,47)/t27?,32-,33-,34-,35-,36+/m0/s1. The first-order valence-electron chi connectivity index (χ1n) is 18.6. The van der Waals surface area contributed by atoms with E-state index in [1.54, 1.807) is 4.90 Å². The Kier molecular flexibility index (Phi) is 14.7. The molecule has 6 atom stereocenters. The van der Waals surface area contributed by atoms with Gasteiger partial charge in [0, 0.05) is 26.2 Å². The van der Waals surface area contributed by atoms with Crippen LogP contribution in [0.25, 0.3) is 10.8 Å². The van der Waals surface area contributed by atoms with Crippen molar-refractivity contribution in [3.05, 3.63) is 48.0 Å². The van der Waals surface area contributed by atoms with Gasteiger partial charge in [0.1, 0.15) is 18.2 Å². The van der Waals surface area contributed by atoms with E-state index in [4.69, 9.17) is 0 Å². The van der Waals surface area contributed by atoms with E-state index in [2.05, 4.69) is 20.9 Å². The quantitative estimate of drug-likeness (QED) is 0.189. The third-order valence-corrected chi connectivity index (χ3v) is 10.6. The first-order chi connectivity index (χ1) is 23.4. The molecule has 0 aromatic heterocycles. The first kappa shape index (κ1) is 38.6. The number of carbonyl (C=O) groups is 3. The van der Waals surface area contributed by atoms with E-state index in [1.807, 2.05) is 77.2 Å². The van der Waals surface area contributed by atoms with Crippen LogP contribution in [-0.2, 0) is 16.0 Å². The highest BCUT2D eigenvalue weighted by molar-refractivity contribution is 5.92. The molecule has 10 heteroatoms. The summed E-state index contributed by atoms with van der Waals surface area (Å²) in [5.74, 6) is -0.509. The normalized spacial score (nSPS) is 19.9. The van der Waals surface area contributed by atoms with Crippen LogP contribution in [-0.4, -0.2) is 101 Å². The Bertz CT molecular complexity index is 1360. The van der Waals surface area contributed by atoms with Crippen molar-refractivity contribution in [3.8, 4) is 0 Å². The second-order valence-corrected chi connectivity index (χ2v) is 15.1. The van der Waals surface area contributed by atoms with Gasteiger partial charge in [-0.3, -0.25) is 9.59 Å². The van der Waals surface area contributed by atoms with Crippen LogP contribution in [0.15, 0.2) is 42.5 Å². The molecular weight excluding hydrogens is 618 g/mol. The van der Waals surface area contributed by atoms with Gasteiger partial charge in [0.15, 0.2) is 0 Å². The number of aliphatic hydroxyl groups is 2. The Balaban J connectivity index is 1.53. The number of benzene rings is 2. The number of hydrogen-bond donors (Lipinski definition) is 5. The highest BCUT2D eigenvalue weighted by Crippen LogP contribution is 2.28. The number of likely N-dealkylation sites (N-methyl/N-ethyl adjacent to an activating group) is 1. The maximum Gasteiger partial charge on any atom is 0.318 e. The molecule has 1 aliphatic carbocycles. The molecule has 1 unspecified atom stereocenters. The molecule has 0 spiro atoms. The smallest absolute Gasteiger partial charge is 0.318 e. The third-order valence-electron chi connectivity index (χ3n) is 10.6. The van der Waals surface area contributed by atoms with Gasteiger partial charge in [0.25, 0.3) is 0 Å². The number of urea groups is 1. The van der Waals surface area contributed by atoms with Crippen LogP contribution >= 0.6 is 0 Å². The SMILES string of the molecule is CCC(C)[C@H](NC(=O)[C@H](CC1CCCCC1)NC(=O)N1CCN(C)CC1)C(=O)N[C@@H](Cc1ccc2ccccc2c1)[C@@H](O)[C@@H](O)CC(C)C. The summed E-state index contributed by atoms with van der Waals surface area (Å²) >= 11 is 0. The summed E-state index contributed by atoms with van der Waals surface area (Å²) in [6.07, 6.45) is 5.08. The Morgan fingerprint density at radius 1 is 0.857 bits per heavy atom. The molecule has 2 fully saturated rings. The van der Waals surface area contributed by atoms with Gasteiger partial charge in [-0.2, -0.15) is 0 Å². The number of nitrogens with one attached hydrogen (secondary N) is 3. The zero-order valence-corrected chi connectivity index (χ0v) is 30.4. The summed E-state index contributed by atoms with van der Waals surface area (Å²) in [6.45, 7) is 10.6. The lowest BCUT2D eigenvalue weighted by Crippen LogP contribution is -2.60. The van der Waals surface area contributed by atoms with Crippen molar-refractivity contribution in [3.63, 3.8) is 0 Å². The zero-order chi connectivity index (χ0) is 35.5. The van der Waals surface area contributed by atoms with Crippen LogP contribution < -0.4 is 16.0 Å². The molecule has 2 aromatic rings. The van der Waals surface area contributed by atoms with Crippen molar-refractivity contribution in [1.29, 1.82) is 0 Å². The maximum absolute atomic E-state index is 14.1. The van der Waals surface area contributed by atoms with Crippen LogP contribution in [0, 0.1) is 17.8 Å². The van der Waals surface area contributed by atoms with Gasteiger partial charge >= 0.3 is 6.03 Å². The molecule has 0 bridgehead atoms. The molecule has 272 valence electrons. The fraction of sp³-hybridized carbons (Fsp3) is 0.667. The summed E-state index contributed by atoms with van der Waals surface area (Å²) in [5.41, 5.74) is 0.920. The van der Waals surface area contributed by atoms with E-state index in [0.29, 0.717) is 44.7 Å². The summed E-state index contributed by atoms with van der Waals surface area (Å²) in [7, 11) is 2.03. The molecule has 5 N–H and O–H groups in total. The van der Waals surface area contributed by atoms with Crippen LogP contribution in [0.2, 0.25) is 0 Å². The van der Waals surface area contributed by atoms with Gasteiger partial charge in [0.2, 0.25) is 11.8 Å². The van der Waals surface area contributed by atoms with Crippen LogP contribution in [0.4, 0.5) is 4.79 Å². The van der Waals surface area contributed by atoms with Gasteiger partial charge in [-0.1, -0.05) is 109 Å². The second-order valence-electron chi connectivity index (χ2n) is 15.1. The van der Waals surface area contributed by atoms with E-state index in [-0.39, 0.29) is 23.8 Å². The van der Waals surface area contributed by atoms with Crippen molar-refractivity contribution in [2.75, 3.05) is 33.2 Å². The minimum absolute atomic E-state index is 0.149. The molecule has 4 rings (SSSR count). The highest BCUT2D eigenvalue weighted by atomic mass is 16.3. The minimum Gasteiger partial charge on any atom is -0.390 e. The first-order valence-corrected chi connectivity index (χ1v) is 18.6. The number of piperazine rings is 1. The molecule has 10 nitrogen and oxygen atoms in total. The molecule has 1 heterocycles. The van der Waals surface area contributed by atoms with Crippen LogP contribution in [0.3, 0.4) is 0 Å². The number of rotatable bonds is 15. The molecule has 49 heavy (non-hydrogen) atoms. The van der Waals surface area contributed by atoms with E-state index in [1.165, 1.54) is 6.42 Å². The number of carbonyl (C=O) groups excluding carboxylic acids is 3. The predicted molar refractivity (Wildman–Crippen MR) is 195 cm³/mol. The monoisotopic (exact) mass is 679 g/mol. The number of hydrogen-bond acceptors (Lipinski definition) is 6. The summed E-state index contributed by atoms with van der Waals surface area (Å²) < 4.78 is 0. The highest BCUT2D eigenvalue weighted by Gasteiger charge is 2.35. The maximum atomic E-state index is 14.1. The molecule has 4 amide bonds. The lowest BCUT2D eigenvalue weighted by molar-refractivity contribution is -0.132. The lowest BCUT2D eigenvalue weighted by atomic mass is 9.84. The van der Waals surface area contributed by atoms with Crippen molar-refractivity contribution in [2.24, 2.45) is 17.8 Å². The Morgan fingerprint density at radius 3 is 2.18 bits per heavy atom. The summed E-state index contributed by atoms with van der Waals surface area (Å²) in [4.78, 5) is 45.5. The van der Waals surface area contributed by atoms with E-state index < -0.39 is 36.2 Å². The fourth-order valence-electron chi connectivity index (χ4n) is 7.23. The van der Waals surface area contributed by atoms with Gasteiger partial charge in [0.05, 0.1) is 12.1 Å². The molecule has 1 aliphatic heterocycles. The van der Waals surface area contributed by atoms with Crippen LogP contribution in [0.5, 0.6) is 0 Å². The molecule has 2 aromatic carbocycles. The lowest BCUT2D eigenvalue weighted by Gasteiger charge is -2.35. The number of amides is 4. The zero-order valence-electron chi connectivity index (χ0n) is 30.4. The predicted octanol–water partition coefficient (Wildman–Crippen LogP) is 4.46. The fourth-order valence-corrected chi connectivity index (χ4v) is 7.23. The summed E-state index contributed by atoms with van der Waals surface area (Å²) in [6, 6.07) is 11.4. The third kappa shape index (κ3) is 11.4.